The largest absolute Gasteiger partial charge is 0.507 e. The van der Waals surface area contributed by atoms with Crippen LogP contribution < -0.4 is 14.4 Å². The van der Waals surface area contributed by atoms with Gasteiger partial charge in [0.05, 0.1) is 25.3 Å². The number of carbonyl (C=O) groups excluding carboxylic acids is 2. The molecule has 4 aromatic rings. The number of hydrogen-bond acceptors (Lipinski definition) is 5. The number of nitrogens with zero attached hydrogens (tertiary/aromatic N) is 1. The number of hydrogen-bond donors (Lipinski definition) is 1. The van der Waals surface area contributed by atoms with E-state index in [0.29, 0.717) is 29.2 Å². The Hall–Kier alpha value is -4.72. The van der Waals surface area contributed by atoms with Gasteiger partial charge in [0.25, 0.3) is 11.7 Å². The normalized spacial score (nSPS) is 16.7. The maximum Gasteiger partial charge on any atom is 0.300 e. The van der Waals surface area contributed by atoms with E-state index in [-0.39, 0.29) is 11.3 Å². The molecule has 1 atom stereocenters. The molecule has 1 unspecified atom stereocenters. The molecule has 192 valence electrons. The van der Waals surface area contributed by atoms with Gasteiger partial charge in [-0.05, 0) is 53.6 Å². The lowest BCUT2D eigenvalue weighted by Gasteiger charge is -2.26. The molecule has 1 N–H and O–H groups in total. The van der Waals surface area contributed by atoms with E-state index in [2.05, 4.69) is 0 Å². The van der Waals surface area contributed by atoms with Gasteiger partial charge in [-0.15, -0.1) is 0 Å². The highest BCUT2D eigenvalue weighted by Crippen LogP contribution is 2.44. The summed E-state index contributed by atoms with van der Waals surface area (Å²) in [6.07, 6.45) is 0. The highest BCUT2D eigenvalue weighted by molar-refractivity contribution is 6.51. The van der Waals surface area contributed by atoms with E-state index >= 15 is 0 Å². The summed E-state index contributed by atoms with van der Waals surface area (Å²) in [5.41, 5.74) is 0.501. The summed E-state index contributed by atoms with van der Waals surface area (Å²) < 4.78 is 39.0. The number of aliphatic hydroxyl groups excluding tert-OH is 1. The van der Waals surface area contributed by atoms with Gasteiger partial charge in [0.2, 0.25) is 0 Å². The van der Waals surface area contributed by atoms with Crippen molar-refractivity contribution in [3.63, 3.8) is 0 Å². The molecule has 5 rings (SSSR count). The molecule has 1 aliphatic rings. The lowest BCUT2D eigenvalue weighted by Crippen LogP contribution is -2.29. The van der Waals surface area contributed by atoms with E-state index in [4.69, 9.17) is 9.47 Å². The molecule has 0 spiro atoms. The van der Waals surface area contributed by atoms with Crippen LogP contribution in [0.15, 0.2) is 84.4 Å². The zero-order valence-corrected chi connectivity index (χ0v) is 20.6. The first-order valence-corrected chi connectivity index (χ1v) is 11.9. The highest BCUT2D eigenvalue weighted by Gasteiger charge is 2.47. The van der Waals surface area contributed by atoms with Crippen molar-refractivity contribution in [1.29, 1.82) is 0 Å². The van der Waals surface area contributed by atoms with Crippen molar-refractivity contribution < 1.29 is 33.0 Å². The number of ether oxygens (including phenoxy) is 2. The highest BCUT2D eigenvalue weighted by atomic mass is 19.2. The van der Waals surface area contributed by atoms with Crippen LogP contribution in [0.5, 0.6) is 11.5 Å². The average Bonchev–Trinajstić information content (AvgIpc) is 3.19. The molecule has 0 aromatic heterocycles. The fourth-order valence-corrected chi connectivity index (χ4v) is 4.67. The number of halogens is 2. The van der Waals surface area contributed by atoms with E-state index in [1.54, 1.807) is 43.3 Å². The number of Topliss-reactive ketones (excluding diaryl/α,β-unsaturated/α-hetero) is 1. The van der Waals surface area contributed by atoms with Crippen LogP contribution >= 0.6 is 0 Å². The molecule has 38 heavy (non-hydrogen) atoms. The van der Waals surface area contributed by atoms with E-state index < -0.39 is 35.1 Å². The van der Waals surface area contributed by atoms with Crippen molar-refractivity contribution >= 4 is 33.9 Å². The number of benzene rings is 4. The first-order valence-electron chi connectivity index (χ1n) is 11.9. The first-order chi connectivity index (χ1) is 18.3. The van der Waals surface area contributed by atoms with Gasteiger partial charge >= 0.3 is 0 Å². The van der Waals surface area contributed by atoms with E-state index in [0.717, 1.165) is 27.8 Å². The number of rotatable bonds is 6. The number of anilines is 1. The van der Waals surface area contributed by atoms with Crippen LogP contribution in [0.4, 0.5) is 14.5 Å². The Kier molecular flexibility index (Phi) is 6.55. The maximum atomic E-state index is 14.2. The summed E-state index contributed by atoms with van der Waals surface area (Å²) in [7, 11) is 1.48. The molecular weight excluding hydrogens is 492 g/mol. The molecule has 0 aliphatic carbocycles. The first kappa shape index (κ1) is 25.0. The van der Waals surface area contributed by atoms with E-state index in [1.807, 2.05) is 24.3 Å². The summed E-state index contributed by atoms with van der Waals surface area (Å²) in [5.74, 6) is -3.83. The van der Waals surface area contributed by atoms with Crippen LogP contribution in [0.2, 0.25) is 0 Å². The Balaban J connectivity index is 1.75. The van der Waals surface area contributed by atoms with Gasteiger partial charge < -0.3 is 14.6 Å². The summed E-state index contributed by atoms with van der Waals surface area (Å²) in [5, 5.41) is 13.2. The summed E-state index contributed by atoms with van der Waals surface area (Å²) >= 11 is 0. The van der Waals surface area contributed by atoms with Gasteiger partial charge in [-0.25, -0.2) is 8.78 Å². The van der Waals surface area contributed by atoms with E-state index in [9.17, 15) is 23.5 Å². The van der Waals surface area contributed by atoms with Crippen molar-refractivity contribution in [2.45, 2.75) is 13.0 Å². The van der Waals surface area contributed by atoms with Crippen molar-refractivity contribution in [1.82, 2.24) is 0 Å². The van der Waals surface area contributed by atoms with Crippen molar-refractivity contribution in [3.05, 3.63) is 107 Å². The van der Waals surface area contributed by atoms with E-state index in [1.165, 1.54) is 13.2 Å². The molecule has 1 amide bonds. The number of methoxy groups -OCH3 is 1. The summed E-state index contributed by atoms with van der Waals surface area (Å²) in [6, 6.07) is 19.3. The van der Waals surface area contributed by atoms with Gasteiger partial charge in [-0.1, -0.05) is 42.5 Å². The lowest BCUT2D eigenvalue weighted by atomic mass is 9.94. The van der Waals surface area contributed by atoms with Gasteiger partial charge in [0.15, 0.2) is 23.1 Å². The molecule has 0 radical (unpaired) electrons. The molecular formula is C30H23F2NO5. The minimum Gasteiger partial charge on any atom is -0.507 e. The number of ketones is 1. The molecule has 0 bridgehead atoms. The quantitative estimate of drug-likeness (QED) is 0.189. The van der Waals surface area contributed by atoms with Crippen LogP contribution in [0, 0.1) is 11.6 Å². The summed E-state index contributed by atoms with van der Waals surface area (Å²) in [6.45, 7) is 2.11. The van der Waals surface area contributed by atoms with Crippen LogP contribution in [0.25, 0.3) is 16.5 Å². The minimum atomic E-state index is -1.18. The molecule has 0 saturated carbocycles. The SMILES string of the molecule is CCOc1cc(C2/C(=C(\O)c3ccc4ccccc4c3)C(=O)C(=O)N2c2ccc(F)c(F)c2)ccc1OC. The molecule has 1 heterocycles. The maximum absolute atomic E-state index is 14.2. The third-order valence-electron chi connectivity index (χ3n) is 6.45. The molecule has 4 aromatic carbocycles. The molecule has 6 nitrogen and oxygen atoms in total. The Bertz CT molecular complexity index is 1610. The Morgan fingerprint density at radius 3 is 2.37 bits per heavy atom. The van der Waals surface area contributed by atoms with Gasteiger partial charge in [-0.3, -0.25) is 14.5 Å². The third kappa shape index (κ3) is 4.24. The zero-order chi connectivity index (χ0) is 27.0. The minimum absolute atomic E-state index is 0.0395. The van der Waals surface area contributed by atoms with Gasteiger partial charge in [-0.2, -0.15) is 0 Å². The topological polar surface area (TPSA) is 76.1 Å². The van der Waals surface area contributed by atoms with Crippen LogP contribution in [0.3, 0.4) is 0 Å². The fourth-order valence-electron chi connectivity index (χ4n) is 4.67. The molecule has 1 aliphatic heterocycles. The second-order valence-corrected chi connectivity index (χ2v) is 8.67. The lowest BCUT2D eigenvalue weighted by molar-refractivity contribution is -0.132. The third-order valence-corrected chi connectivity index (χ3v) is 6.45. The number of aliphatic hydroxyl groups is 1. The molecule has 1 saturated heterocycles. The second kappa shape index (κ2) is 9.97. The number of fused-ring (bicyclic) bond motifs is 1. The Morgan fingerprint density at radius 1 is 0.895 bits per heavy atom. The van der Waals surface area contributed by atoms with Crippen LogP contribution in [-0.4, -0.2) is 30.5 Å². The fraction of sp³-hybridized carbons (Fsp3) is 0.133. The second-order valence-electron chi connectivity index (χ2n) is 8.67. The monoisotopic (exact) mass is 515 g/mol. The van der Waals surface area contributed by atoms with Gasteiger partial charge in [0.1, 0.15) is 5.76 Å². The Morgan fingerprint density at radius 2 is 1.66 bits per heavy atom. The molecule has 8 heteroatoms. The predicted octanol–water partition coefficient (Wildman–Crippen LogP) is 6.15. The van der Waals surface area contributed by atoms with Gasteiger partial charge in [0, 0.05) is 17.3 Å². The summed E-state index contributed by atoms with van der Waals surface area (Å²) in [4.78, 5) is 27.8. The van der Waals surface area contributed by atoms with Crippen molar-refractivity contribution in [2.24, 2.45) is 0 Å². The van der Waals surface area contributed by atoms with Crippen molar-refractivity contribution in [3.8, 4) is 11.5 Å². The standard InChI is InChI=1S/C30H23F2NO5/c1-3-38-25-15-19(10-13-24(25)37-2)27-26(28(34)20-9-8-17-6-4-5-7-18(17)14-20)29(35)30(36)33(27)21-11-12-22(31)23(32)16-21/h4-16,27,34H,3H2,1-2H3/b28-26+. The van der Waals surface area contributed by atoms with Crippen LogP contribution in [-0.2, 0) is 9.59 Å². The number of carbonyl (C=O) groups is 2. The smallest absolute Gasteiger partial charge is 0.300 e. The zero-order valence-electron chi connectivity index (χ0n) is 20.6. The molecule has 1 fully saturated rings. The Labute approximate surface area is 217 Å². The predicted molar refractivity (Wildman–Crippen MR) is 139 cm³/mol. The average molecular weight is 516 g/mol. The number of amides is 1. The van der Waals surface area contributed by atoms with Crippen molar-refractivity contribution in [2.75, 3.05) is 18.6 Å². The van der Waals surface area contributed by atoms with Crippen LogP contribution in [0.1, 0.15) is 24.1 Å².